The highest BCUT2D eigenvalue weighted by Crippen LogP contribution is 2.23. The second-order valence-electron chi connectivity index (χ2n) is 4.96. The molecule has 0 radical (unpaired) electrons. The molecule has 7 heteroatoms. The van der Waals surface area contributed by atoms with Gasteiger partial charge in [0.15, 0.2) is 0 Å². The third kappa shape index (κ3) is 4.07. The van der Waals surface area contributed by atoms with Gasteiger partial charge in [0.05, 0.1) is 10.6 Å². The molecular weight excluding hydrogens is 294 g/mol. The Labute approximate surface area is 135 Å². The van der Waals surface area contributed by atoms with Gasteiger partial charge in [-0.2, -0.15) is 10.4 Å². The summed E-state index contributed by atoms with van der Waals surface area (Å²) in [5, 5.41) is 24.4. The van der Waals surface area contributed by atoms with Crippen LogP contribution in [0, 0.1) is 21.4 Å². The highest BCUT2D eigenvalue weighted by molar-refractivity contribution is 5.53. The van der Waals surface area contributed by atoms with Crippen LogP contribution in [0.3, 0.4) is 0 Å². The van der Waals surface area contributed by atoms with E-state index in [2.05, 4.69) is 11.2 Å². The van der Waals surface area contributed by atoms with Gasteiger partial charge >= 0.3 is 0 Å². The number of nitro benzene ring substituents is 1. The number of hydrogen-bond donors (Lipinski definition) is 1. The number of hydrogen-bond acceptors (Lipinski definition) is 5. The summed E-state index contributed by atoms with van der Waals surface area (Å²) in [6.45, 7) is 7.84. The maximum Gasteiger partial charge on any atom is 0.269 e. The Balaban J connectivity index is 0.00000127. The molecule has 0 unspecified atom stereocenters. The van der Waals surface area contributed by atoms with Crippen molar-refractivity contribution >= 4 is 11.5 Å². The molecule has 1 aromatic heterocycles. The summed E-state index contributed by atoms with van der Waals surface area (Å²) in [5.74, 6) is 0.327. The molecule has 7 nitrogen and oxygen atoms in total. The normalized spacial score (nSPS) is 9.91. The number of nitriles is 1. The number of nitrogens with two attached hydrogens (primary N) is 1. The number of rotatable bonds is 4. The van der Waals surface area contributed by atoms with Crippen LogP contribution in [0.5, 0.6) is 0 Å². The lowest BCUT2D eigenvalue weighted by Crippen LogP contribution is -2.07. The third-order valence-electron chi connectivity index (χ3n) is 3.11. The molecule has 0 atom stereocenters. The molecule has 2 aromatic rings. The summed E-state index contributed by atoms with van der Waals surface area (Å²) < 4.78 is 1.59. The SMILES string of the molecule is CC.CC(C)n1nc(Cc2cccc([N+](=O)[O-])c2)c(C#N)c1N. The fraction of sp³-hybridized carbons (Fsp3) is 0.375. The molecule has 122 valence electrons. The number of benzene rings is 1. The van der Waals surface area contributed by atoms with Gasteiger partial charge < -0.3 is 5.73 Å². The van der Waals surface area contributed by atoms with Crippen LogP contribution in [0.25, 0.3) is 0 Å². The molecule has 1 aromatic carbocycles. The number of nitro groups is 1. The van der Waals surface area contributed by atoms with Crippen LogP contribution in [0.15, 0.2) is 24.3 Å². The van der Waals surface area contributed by atoms with Crippen molar-refractivity contribution in [2.75, 3.05) is 5.73 Å². The van der Waals surface area contributed by atoms with E-state index in [1.165, 1.54) is 12.1 Å². The topological polar surface area (TPSA) is 111 Å². The summed E-state index contributed by atoms with van der Waals surface area (Å²) >= 11 is 0. The zero-order valence-electron chi connectivity index (χ0n) is 13.8. The van der Waals surface area contributed by atoms with E-state index in [1.807, 2.05) is 27.7 Å². The molecule has 2 rings (SSSR count). The van der Waals surface area contributed by atoms with Crippen molar-refractivity contribution in [3.05, 3.63) is 51.2 Å². The van der Waals surface area contributed by atoms with E-state index in [0.29, 0.717) is 29.1 Å². The first-order valence-electron chi connectivity index (χ1n) is 7.44. The fourth-order valence-corrected chi connectivity index (χ4v) is 2.11. The lowest BCUT2D eigenvalue weighted by molar-refractivity contribution is -0.384. The molecular formula is C16H21N5O2. The number of nitrogens with zero attached hydrogens (tertiary/aromatic N) is 4. The Morgan fingerprint density at radius 1 is 1.43 bits per heavy atom. The Morgan fingerprint density at radius 3 is 2.61 bits per heavy atom. The van der Waals surface area contributed by atoms with E-state index < -0.39 is 4.92 Å². The van der Waals surface area contributed by atoms with Crippen LogP contribution in [0.1, 0.15) is 50.6 Å². The van der Waals surface area contributed by atoms with Gasteiger partial charge in [0, 0.05) is 24.6 Å². The number of anilines is 1. The van der Waals surface area contributed by atoms with Gasteiger partial charge in [0.25, 0.3) is 5.69 Å². The third-order valence-corrected chi connectivity index (χ3v) is 3.11. The maximum absolute atomic E-state index is 10.8. The molecule has 0 bridgehead atoms. The Morgan fingerprint density at radius 2 is 2.09 bits per heavy atom. The zero-order chi connectivity index (χ0) is 17.6. The molecule has 0 aliphatic heterocycles. The van der Waals surface area contributed by atoms with Gasteiger partial charge in [0.1, 0.15) is 17.5 Å². The summed E-state index contributed by atoms with van der Waals surface area (Å²) in [4.78, 5) is 10.3. The van der Waals surface area contributed by atoms with E-state index >= 15 is 0 Å². The van der Waals surface area contributed by atoms with Crippen molar-refractivity contribution in [1.29, 1.82) is 5.26 Å². The first-order chi connectivity index (χ1) is 10.9. The minimum Gasteiger partial charge on any atom is -0.383 e. The number of nitrogen functional groups attached to an aromatic ring is 1. The largest absolute Gasteiger partial charge is 0.383 e. The van der Waals surface area contributed by atoms with Crippen LogP contribution >= 0.6 is 0 Å². The molecule has 1 heterocycles. The Bertz CT molecular complexity index is 729. The lowest BCUT2D eigenvalue weighted by atomic mass is 10.1. The molecule has 0 spiro atoms. The molecule has 2 N–H and O–H groups in total. The smallest absolute Gasteiger partial charge is 0.269 e. The minimum absolute atomic E-state index is 0.0160. The average molecular weight is 315 g/mol. The summed E-state index contributed by atoms with van der Waals surface area (Å²) in [7, 11) is 0. The lowest BCUT2D eigenvalue weighted by Gasteiger charge is -2.06. The molecule has 23 heavy (non-hydrogen) atoms. The maximum atomic E-state index is 10.8. The highest BCUT2D eigenvalue weighted by Gasteiger charge is 2.18. The van der Waals surface area contributed by atoms with E-state index in [-0.39, 0.29) is 11.7 Å². The quantitative estimate of drug-likeness (QED) is 0.686. The van der Waals surface area contributed by atoms with Gasteiger partial charge in [0.2, 0.25) is 0 Å². The molecule has 0 amide bonds. The van der Waals surface area contributed by atoms with Gasteiger partial charge in [-0.1, -0.05) is 26.0 Å². The second kappa shape index (κ2) is 7.94. The van der Waals surface area contributed by atoms with E-state index in [1.54, 1.807) is 16.8 Å². The van der Waals surface area contributed by atoms with Crippen LogP contribution < -0.4 is 5.73 Å². The minimum atomic E-state index is -0.449. The van der Waals surface area contributed by atoms with E-state index in [9.17, 15) is 15.4 Å². The van der Waals surface area contributed by atoms with Gasteiger partial charge in [-0.25, -0.2) is 4.68 Å². The highest BCUT2D eigenvalue weighted by atomic mass is 16.6. The van der Waals surface area contributed by atoms with Gasteiger partial charge in [-0.15, -0.1) is 0 Å². The first kappa shape index (κ1) is 18.2. The fourth-order valence-electron chi connectivity index (χ4n) is 2.11. The number of non-ortho nitro benzene ring substituents is 1. The summed E-state index contributed by atoms with van der Waals surface area (Å²) in [5.41, 5.74) is 7.51. The molecule has 0 aliphatic rings. The van der Waals surface area contributed by atoms with Crippen LogP contribution in [0.4, 0.5) is 11.5 Å². The van der Waals surface area contributed by atoms with Crippen molar-refractivity contribution in [3.63, 3.8) is 0 Å². The van der Waals surface area contributed by atoms with Crippen LogP contribution in [-0.4, -0.2) is 14.7 Å². The first-order valence-corrected chi connectivity index (χ1v) is 7.44. The zero-order valence-corrected chi connectivity index (χ0v) is 13.8. The molecule has 0 saturated heterocycles. The van der Waals surface area contributed by atoms with Crippen LogP contribution in [-0.2, 0) is 6.42 Å². The van der Waals surface area contributed by atoms with Crippen molar-refractivity contribution in [3.8, 4) is 6.07 Å². The molecule has 0 fully saturated rings. The average Bonchev–Trinajstić information content (AvgIpc) is 2.85. The van der Waals surface area contributed by atoms with Crippen molar-refractivity contribution in [1.82, 2.24) is 9.78 Å². The molecule has 0 saturated carbocycles. The summed E-state index contributed by atoms with van der Waals surface area (Å²) in [6, 6.07) is 8.37. The monoisotopic (exact) mass is 315 g/mol. The molecule has 0 aliphatic carbocycles. The predicted octanol–water partition coefficient (Wildman–Crippen LogP) is 3.44. The summed E-state index contributed by atoms with van der Waals surface area (Å²) in [6.07, 6.45) is 0.328. The van der Waals surface area contributed by atoms with Gasteiger partial charge in [-0.05, 0) is 19.4 Å². The Hall–Kier alpha value is -2.88. The second-order valence-corrected chi connectivity index (χ2v) is 4.96. The van der Waals surface area contributed by atoms with Crippen molar-refractivity contribution < 1.29 is 4.92 Å². The van der Waals surface area contributed by atoms with Crippen molar-refractivity contribution in [2.24, 2.45) is 0 Å². The Kier molecular flexibility index (Phi) is 6.27. The van der Waals surface area contributed by atoms with Crippen LogP contribution in [0.2, 0.25) is 0 Å². The predicted molar refractivity (Wildman–Crippen MR) is 89.0 cm³/mol. The van der Waals surface area contributed by atoms with E-state index in [4.69, 9.17) is 5.73 Å². The van der Waals surface area contributed by atoms with Gasteiger partial charge in [-0.3, -0.25) is 10.1 Å². The van der Waals surface area contributed by atoms with E-state index in [0.717, 1.165) is 0 Å². The number of aromatic nitrogens is 2. The van der Waals surface area contributed by atoms with Crippen molar-refractivity contribution in [2.45, 2.75) is 40.2 Å². The standard InChI is InChI=1S/C14H15N5O2.C2H6/c1-9(2)18-14(16)12(8-15)13(17-18)7-10-4-3-5-11(6-10)19(20)21;1-2/h3-6,9H,7,16H2,1-2H3;1-2H3.